The van der Waals surface area contributed by atoms with Gasteiger partial charge in [0, 0.05) is 26.8 Å². The van der Waals surface area contributed by atoms with E-state index in [4.69, 9.17) is 10.6 Å². The molecule has 1 unspecified atom stereocenters. The Morgan fingerprint density at radius 1 is 1.77 bits per heavy atom. The topological polar surface area (TPSA) is 78.0 Å². The molecule has 1 aromatic rings. The highest BCUT2D eigenvalue weighted by molar-refractivity contribution is 4.95. The van der Waals surface area contributed by atoms with Crippen molar-refractivity contribution in [3.8, 4) is 0 Å². The van der Waals surface area contributed by atoms with Crippen LogP contribution in [0, 0.1) is 0 Å². The van der Waals surface area contributed by atoms with Crippen molar-refractivity contribution in [1.29, 1.82) is 0 Å². The van der Waals surface area contributed by atoms with Crippen molar-refractivity contribution in [2.75, 3.05) is 13.7 Å². The summed E-state index contributed by atoms with van der Waals surface area (Å²) in [4.78, 5) is 0. The number of nitrogens with one attached hydrogen (secondary N) is 1. The first kappa shape index (κ1) is 10.1. The molecule has 0 saturated heterocycles. The molecule has 1 rings (SSSR count). The van der Waals surface area contributed by atoms with Crippen LogP contribution in [0.2, 0.25) is 0 Å². The number of aromatic nitrogens is 3. The third-order valence-electron chi connectivity index (χ3n) is 1.71. The molecule has 0 bridgehead atoms. The van der Waals surface area contributed by atoms with E-state index < -0.39 is 0 Å². The largest absolute Gasteiger partial charge is 0.383 e. The molecule has 0 aliphatic carbocycles. The second-order valence-corrected chi connectivity index (χ2v) is 2.91. The molecule has 0 aliphatic heterocycles. The van der Waals surface area contributed by atoms with Crippen LogP contribution in [-0.2, 0) is 18.2 Å². The number of hydrogen-bond acceptors (Lipinski definition) is 5. The SMILES string of the molecule is COCC(Cc1cn(C)nn1)NN. The van der Waals surface area contributed by atoms with E-state index in [2.05, 4.69) is 15.7 Å². The number of aryl methyl sites for hydroxylation is 1. The Bertz CT molecular complexity index is 249. The van der Waals surface area contributed by atoms with Gasteiger partial charge in [-0.25, -0.2) is 0 Å². The lowest BCUT2D eigenvalue weighted by Gasteiger charge is -2.12. The van der Waals surface area contributed by atoms with Crippen molar-refractivity contribution < 1.29 is 4.74 Å². The molecule has 0 radical (unpaired) electrons. The van der Waals surface area contributed by atoms with E-state index in [9.17, 15) is 0 Å². The fourth-order valence-electron chi connectivity index (χ4n) is 1.11. The number of nitrogens with two attached hydrogens (primary N) is 1. The third kappa shape index (κ3) is 3.10. The molecule has 0 spiro atoms. The van der Waals surface area contributed by atoms with Crippen molar-refractivity contribution in [2.45, 2.75) is 12.5 Å². The van der Waals surface area contributed by atoms with E-state index in [1.807, 2.05) is 13.2 Å². The summed E-state index contributed by atoms with van der Waals surface area (Å²) in [5.74, 6) is 5.33. The predicted molar refractivity (Wildman–Crippen MR) is 47.7 cm³/mol. The molecule has 6 nitrogen and oxygen atoms in total. The average molecular weight is 185 g/mol. The van der Waals surface area contributed by atoms with Crippen LogP contribution < -0.4 is 11.3 Å². The Morgan fingerprint density at radius 2 is 2.54 bits per heavy atom. The summed E-state index contributed by atoms with van der Waals surface area (Å²) >= 11 is 0. The summed E-state index contributed by atoms with van der Waals surface area (Å²) in [5, 5.41) is 7.77. The zero-order chi connectivity index (χ0) is 9.68. The molecule has 0 amide bonds. The molecular formula is C7H15N5O. The molecule has 0 fully saturated rings. The van der Waals surface area contributed by atoms with Gasteiger partial charge in [-0.3, -0.25) is 16.0 Å². The molecule has 74 valence electrons. The van der Waals surface area contributed by atoms with Gasteiger partial charge in [-0.05, 0) is 0 Å². The molecule has 1 heterocycles. The fourth-order valence-corrected chi connectivity index (χ4v) is 1.11. The van der Waals surface area contributed by atoms with Gasteiger partial charge in [0.2, 0.25) is 0 Å². The number of hydrazine groups is 1. The maximum absolute atomic E-state index is 5.33. The quantitative estimate of drug-likeness (QED) is 0.447. The lowest BCUT2D eigenvalue weighted by atomic mass is 10.2. The monoisotopic (exact) mass is 185 g/mol. The minimum absolute atomic E-state index is 0.0849. The smallest absolute Gasteiger partial charge is 0.0843 e. The normalized spacial score (nSPS) is 13.2. The van der Waals surface area contributed by atoms with Crippen LogP contribution in [0.15, 0.2) is 6.20 Å². The van der Waals surface area contributed by atoms with E-state index in [1.165, 1.54) is 0 Å². The van der Waals surface area contributed by atoms with Crippen molar-refractivity contribution in [1.82, 2.24) is 20.4 Å². The standard InChI is InChI=1S/C7H15N5O/c1-12-4-6(10-11-12)3-7(9-8)5-13-2/h4,7,9H,3,5,8H2,1-2H3. The summed E-state index contributed by atoms with van der Waals surface area (Å²) in [6.07, 6.45) is 2.58. The van der Waals surface area contributed by atoms with Crippen LogP contribution in [0.3, 0.4) is 0 Å². The zero-order valence-corrected chi connectivity index (χ0v) is 7.90. The first-order valence-electron chi connectivity index (χ1n) is 4.06. The summed E-state index contributed by atoms with van der Waals surface area (Å²) in [7, 11) is 3.47. The van der Waals surface area contributed by atoms with Gasteiger partial charge in [0.25, 0.3) is 0 Å². The molecule has 0 aromatic carbocycles. The summed E-state index contributed by atoms with van der Waals surface area (Å²) < 4.78 is 6.64. The van der Waals surface area contributed by atoms with Gasteiger partial charge >= 0.3 is 0 Å². The van der Waals surface area contributed by atoms with E-state index in [-0.39, 0.29) is 6.04 Å². The van der Waals surface area contributed by atoms with Crippen LogP contribution in [0.4, 0.5) is 0 Å². The number of nitrogens with zero attached hydrogens (tertiary/aromatic N) is 3. The Labute approximate surface area is 77.0 Å². The van der Waals surface area contributed by atoms with Crippen LogP contribution in [-0.4, -0.2) is 34.8 Å². The van der Waals surface area contributed by atoms with Gasteiger partial charge in [0.1, 0.15) is 0 Å². The van der Waals surface area contributed by atoms with Crippen molar-refractivity contribution in [2.24, 2.45) is 12.9 Å². The summed E-state index contributed by atoms with van der Waals surface area (Å²) in [6.45, 7) is 0.563. The summed E-state index contributed by atoms with van der Waals surface area (Å²) in [6, 6.07) is 0.0849. The van der Waals surface area contributed by atoms with Crippen LogP contribution >= 0.6 is 0 Å². The highest BCUT2D eigenvalue weighted by Crippen LogP contribution is 1.97. The Hall–Kier alpha value is -0.980. The number of methoxy groups -OCH3 is 1. The molecule has 0 saturated carbocycles. The number of ether oxygens (including phenoxy) is 1. The highest BCUT2D eigenvalue weighted by atomic mass is 16.5. The second kappa shape index (κ2) is 4.90. The predicted octanol–water partition coefficient (Wildman–Crippen LogP) is -1.16. The van der Waals surface area contributed by atoms with Crippen LogP contribution in [0.5, 0.6) is 0 Å². The van der Waals surface area contributed by atoms with E-state index in [1.54, 1.807) is 11.8 Å². The average Bonchev–Trinajstić information content (AvgIpc) is 2.50. The molecule has 13 heavy (non-hydrogen) atoms. The van der Waals surface area contributed by atoms with Gasteiger partial charge in [0.05, 0.1) is 18.3 Å². The Morgan fingerprint density at radius 3 is 3.00 bits per heavy atom. The minimum atomic E-state index is 0.0849. The van der Waals surface area contributed by atoms with Crippen molar-refractivity contribution in [3.05, 3.63) is 11.9 Å². The Balaban J connectivity index is 2.46. The molecule has 3 N–H and O–H groups in total. The van der Waals surface area contributed by atoms with Gasteiger partial charge in [-0.2, -0.15) is 0 Å². The molecule has 1 atom stereocenters. The molecule has 1 aromatic heterocycles. The molecule has 6 heteroatoms. The maximum atomic E-state index is 5.33. The third-order valence-corrected chi connectivity index (χ3v) is 1.71. The van der Waals surface area contributed by atoms with Crippen LogP contribution in [0.1, 0.15) is 5.69 Å². The minimum Gasteiger partial charge on any atom is -0.383 e. The number of hydrogen-bond donors (Lipinski definition) is 2. The number of rotatable bonds is 5. The van der Waals surface area contributed by atoms with Gasteiger partial charge in [0.15, 0.2) is 0 Å². The van der Waals surface area contributed by atoms with E-state index >= 15 is 0 Å². The zero-order valence-electron chi connectivity index (χ0n) is 7.90. The maximum Gasteiger partial charge on any atom is 0.0843 e. The van der Waals surface area contributed by atoms with Gasteiger partial charge < -0.3 is 4.74 Å². The lowest BCUT2D eigenvalue weighted by molar-refractivity contribution is 0.166. The van der Waals surface area contributed by atoms with Gasteiger partial charge in [-0.1, -0.05) is 5.21 Å². The first-order chi connectivity index (χ1) is 6.26. The van der Waals surface area contributed by atoms with E-state index in [0.717, 1.165) is 12.1 Å². The highest BCUT2D eigenvalue weighted by Gasteiger charge is 2.09. The van der Waals surface area contributed by atoms with Gasteiger partial charge in [-0.15, -0.1) is 5.10 Å². The second-order valence-electron chi connectivity index (χ2n) is 2.91. The fraction of sp³-hybridized carbons (Fsp3) is 0.714. The first-order valence-corrected chi connectivity index (χ1v) is 4.06. The molecule has 0 aliphatic rings. The summed E-state index contributed by atoms with van der Waals surface area (Å²) in [5.41, 5.74) is 3.56. The van der Waals surface area contributed by atoms with E-state index in [0.29, 0.717) is 6.61 Å². The van der Waals surface area contributed by atoms with Crippen LogP contribution in [0.25, 0.3) is 0 Å². The Kier molecular flexibility index (Phi) is 3.81. The van der Waals surface area contributed by atoms with Crippen molar-refractivity contribution >= 4 is 0 Å². The van der Waals surface area contributed by atoms with Crippen molar-refractivity contribution in [3.63, 3.8) is 0 Å². The lowest BCUT2D eigenvalue weighted by Crippen LogP contribution is -2.40. The molecular weight excluding hydrogens is 170 g/mol.